The average molecular weight is 707 g/mol. The number of H-pyrrole nitrogens is 1. The fourth-order valence-electron chi connectivity index (χ4n) is 5.84. The van der Waals surface area contributed by atoms with Crippen molar-refractivity contribution in [2.24, 2.45) is 5.92 Å². The Bertz CT molecular complexity index is 2100. The number of nitrogens with one attached hydrogen (secondary N) is 2. The standard InChI is InChI=1S/C34H39N6O9P/c1-19(2)26(31(43)47-20(3)21-11-6-5-7-12-21)39-50(45,49-24-16-10-14-22-13-8-9-15-23(22)24)46-17-25-28(41)34(4,44)32(48-25)40-18-36-27-29(40)37-33(35)38-30(27)42/h5-16,18-20,25-26,28,32,41,44H,17H2,1-4H3,(H,39,45)(H3,35,37,38,42)/t20?,25-,26+,28-,32-,34-,50?/m1/s1. The van der Waals surface area contributed by atoms with Crippen LogP contribution in [0.1, 0.15) is 45.6 Å². The number of ether oxygens (including phenoxy) is 2. The number of aromatic amines is 1. The number of carbonyl (C=O) groups is 1. The van der Waals surface area contributed by atoms with E-state index in [0.29, 0.717) is 5.39 Å². The van der Waals surface area contributed by atoms with E-state index in [4.69, 9.17) is 24.3 Å². The van der Waals surface area contributed by atoms with Gasteiger partial charge < -0.3 is 29.9 Å². The molecule has 6 N–H and O–H groups in total. The summed E-state index contributed by atoms with van der Waals surface area (Å²) in [5.41, 5.74) is 3.91. The van der Waals surface area contributed by atoms with E-state index < -0.39 is 68.0 Å². The van der Waals surface area contributed by atoms with E-state index in [0.717, 1.165) is 10.9 Å². The Kier molecular flexibility index (Phi) is 9.82. The fraction of sp³-hybridized carbons (Fsp3) is 0.353. The first-order chi connectivity index (χ1) is 23.8. The lowest BCUT2D eigenvalue weighted by atomic mass is 9.96. The molecule has 50 heavy (non-hydrogen) atoms. The van der Waals surface area contributed by atoms with Crippen molar-refractivity contribution in [1.29, 1.82) is 0 Å². The summed E-state index contributed by atoms with van der Waals surface area (Å²) >= 11 is 0. The third-order valence-electron chi connectivity index (χ3n) is 8.61. The van der Waals surface area contributed by atoms with Crippen LogP contribution in [0.3, 0.4) is 0 Å². The number of hydrogen-bond acceptors (Lipinski definition) is 12. The van der Waals surface area contributed by atoms with Gasteiger partial charge in [0, 0.05) is 5.39 Å². The number of rotatable bonds is 12. The lowest BCUT2D eigenvalue weighted by Gasteiger charge is -2.29. The highest BCUT2D eigenvalue weighted by Crippen LogP contribution is 2.49. The lowest BCUT2D eigenvalue weighted by molar-refractivity contribution is -0.152. The first kappa shape index (κ1) is 35.2. The smallest absolute Gasteiger partial charge is 0.457 e. The summed E-state index contributed by atoms with van der Waals surface area (Å²) in [6.07, 6.45) is -3.55. The minimum absolute atomic E-state index is 0.0138. The molecule has 6 rings (SSSR count). The molecular weight excluding hydrogens is 667 g/mol. The Morgan fingerprint density at radius 1 is 1.12 bits per heavy atom. The number of carbonyl (C=O) groups excluding carboxylic acids is 1. The monoisotopic (exact) mass is 706 g/mol. The molecule has 7 atom stereocenters. The average Bonchev–Trinajstić information content (AvgIpc) is 3.60. The summed E-state index contributed by atoms with van der Waals surface area (Å²) in [5.74, 6) is -1.09. The van der Waals surface area contributed by atoms with Crippen LogP contribution in [0.4, 0.5) is 5.95 Å². The molecule has 1 aliphatic heterocycles. The van der Waals surface area contributed by atoms with Gasteiger partial charge in [-0.15, -0.1) is 0 Å². The normalized spacial score (nSPS) is 23.1. The molecule has 15 nitrogen and oxygen atoms in total. The van der Waals surface area contributed by atoms with E-state index in [-0.39, 0.29) is 22.9 Å². The molecule has 16 heteroatoms. The number of fused-ring (bicyclic) bond motifs is 2. The highest BCUT2D eigenvalue weighted by molar-refractivity contribution is 7.52. The van der Waals surface area contributed by atoms with E-state index >= 15 is 0 Å². The molecule has 1 aliphatic rings. The van der Waals surface area contributed by atoms with Crippen molar-refractivity contribution in [2.45, 2.75) is 63.9 Å². The summed E-state index contributed by atoms with van der Waals surface area (Å²) in [6, 6.07) is 20.5. The predicted molar refractivity (Wildman–Crippen MR) is 184 cm³/mol. The third kappa shape index (κ3) is 7.01. The van der Waals surface area contributed by atoms with Gasteiger partial charge in [-0.25, -0.2) is 9.55 Å². The second-order valence-electron chi connectivity index (χ2n) is 12.7. The number of aliphatic hydroxyl groups is 2. The van der Waals surface area contributed by atoms with Crippen LogP contribution in [0, 0.1) is 5.92 Å². The quantitative estimate of drug-likeness (QED) is 0.0918. The maximum atomic E-state index is 14.7. The molecule has 2 unspecified atom stereocenters. The van der Waals surface area contributed by atoms with Gasteiger partial charge in [-0.05, 0) is 36.8 Å². The second kappa shape index (κ2) is 13.9. The zero-order valence-corrected chi connectivity index (χ0v) is 28.7. The van der Waals surface area contributed by atoms with Gasteiger partial charge >= 0.3 is 13.7 Å². The van der Waals surface area contributed by atoms with Crippen LogP contribution >= 0.6 is 7.75 Å². The third-order valence-corrected chi connectivity index (χ3v) is 10.1. The SMILES string of the molecule is CC(OC(=O)[C@@H](NP(=O)(OC[C@H]1O[C@@H](n2cnc3c(=O)[nH]c(N)nc32)[C@](C)(O)[C@@H]1O)Oc1cccc2ccccc12)C(C)C)c1ccccc1. The molecule has 1 fully saturated rings. The summed E-state index contributed by atoms with van der Waals surface area (Å²) in [4.78, 5) is 36.5. The van der Waals surface area contributed by atoms with Crippen molar-refractivity contribution in [1.82, 2.24) is 24.6 Å². The number of esters is 1. The zero-order chi connectivity index (χ0) is 35.8. The zero-order valence-electron chi connectivity index (χ0n) is 27.8. The highest BCUT2D eigenvalue weighted by Gasteiger charge is 2.54. The molecule has 0 spiro atoms. The number of nitrogens with two attached hydrogens (primary N) is 1. The Balaban J connectivity index is 1.28. The van der Waals surface area contributed by atoms with Gasteiger partial charge in [-0.1, -0.05) is 80.6 Å². The number of benzene rings is 3. The maximum Gasteiger partial charge on any atom is 0.459 e. The summed E-state index contributed by atoms with van der Waals surface area (Å²) in [6.45, 7) is 6.00. The van der Waals surface area contributed by atoms with Crippen molar-refractivity contribution >= 4 is 41.6 Å². The minimum Gasteiger partial charge on any atom is -0.457 e. The Morgan fingerprint density at radius 3 is 2.56 bits per heavy atom. The van der Waals surface area contributed by atoms with Crippen molar-refractivity contribution in [3.8, 4) is 5.75 Å². The molecule has 0 radical (unpaired) electrons. The topological polar surface area (TPSA) is 213 Å². The molecule has 1 saturated heterocycles. The molecule has 0 aliphatic carbocycles. The summed E-state index contributed by atoms with van der Waals surface area (Å²) < 4.78 is 39.9. The van der Waals surface area contributed by atoms with E-state index in [1.807, 2.05) is 48.5 Å². The van der Waals surface area contributed by atoms with Crippen LogP contribution in [-0.4, -0.2) is 66.2 Å². The van der Waals surface area contributed by atoms with Gasteiger partial charge in [0.05, 0.1) is 12.9 Å². The summed E-state index contributed by atoms with van der Waals surface area (Å²) in [7, 11) is -4.49. The van der Waals surface area contributed by atoms with Gasteiger partial charge in [0.15, 0.2) is 17.4 Å². The molecule has 0 bridgehead atoms. The van der Waals surface area contributed by atoms with E-state index in [1.165, 1.54) is 17.8 Å². The first-order valence-corrected chi connectivity index (χ1v) is 17.5. The van der Waals surface area contributed by atoms with Crippen LogP contribution in [-0.2, 0) is 23.4 Å². The van der Waals surface area contributed by atoms with Gasteiger partial charge in [0.2, 0.25) is 5.95 Å². The van der Waals surface area contributed by atoms with Crippen molar-refractivity contribution < 1.29 is 38.1 Å². The Morgan fingerprint density at radius 2 is 1.82 bits per heavy atom. The molecule has 2 aromatic heterocycles. The molecule has 264 valence electrons. The fourth-order valence-corrected chi connectivity index (χ4v) is 7.53. The van der Waals surface area contributed by atoms with E-state index in [1.54, 1.807) is 45.0 Å². The number of imidazole rings is 1. The van der Waals surface area contributed by atoms with Crippen molar-refractivity contribution in [3.63, 3.8) is 0 Å². The number of nitrogen functional groups attached to an aromatic ring is 1. The number of hydrogen-bond donors (Lipinski definition) is 5. The molecule has 3 aromatic carbocycles. The lowest BCUT2D eigenvalue weighted by Crippen LogP contribution is -2.45. The van der Waals surface area contributed by atoms with Crippen molar-refractivity contribution in [3.05, 3.63) is 95.0 Å². The van der Waals surface area contributed by atoms with Gasteiger partial charge in [0.1, 0.15) is 35.7 Å². The molecule has 0 amide bonds. The second-order valence-corrected chi connectivity index (χ2v) is 14.4. The first-order valence-electron chi connectivity index (χ1n) is 16.0. The number of anilines is 1. The van der Waals surface area contributed by atoms with Gasteiger partial charge in [-0.2, -0.15) is 10.1 Å². The number of aromatic nitrogens is 4. The van der Waals surface area contributed by atoms with Crippen LogP contribution in [0.2, 0.25) is 0 Å². The van der Waals surface area contributed by atoms with Crippen LogP contribution in [0.5, 0.6) is 5.75 Å². The van der Waals surface area contributed by atoms with Gasteiger partial charge in [0.25, 0.3) is 5.56 Å². The van der Waals surface area contributed by atoms with Crippen LogP contribution in [0.25, 0.3) is 21.9 Å². The van der Waals surface area contributed by atoms with Crippen LogP contribution in [0.15, 0.2) is 83.9 Å². The highest BCUT2D eigenvalue weighted by atomic mass is 31.2. The number of nitrogens with zero attached hydrogens (tertiary/aromatic N) is 3. The molecule has 0 saturated carbocycles. The van der Waals surface area contributed by atoms with E-state index in [9.17, 15) is 24.4 Å². The Labute approximate surface area is 287 Å². The Hall–Kier alpha value is -4.63. The summed E-state index contributed by atoms with van der Waals surface area (Å²) in [5, 5.41) is 26.9. The predicted octanol–water partition coefficient (Wildman–Crippen LogP) is 3.99. The molecule has 3 heterocycles. The van der Waals surface area contributed by atoms with Gasteiger partial charge in [-0.3, -0.25) is 23.7 Å². The largest absolute Gasteiger partial charge is 0.459 e. The molecule has 5 aromatic rings. The van der Waals surface area contributed by atoms with E-state index in [2.05, 4.69) is 20.0 Å². The number of aliphatic hydroxyl groups excluding tert-OH is 1. The minimum atomic E-state index is -4.49. The molecular formula is C34H39N6O9P. The maximum absolute atomic E-state index is 14.7. The van der Waals surface area contributed by atoms with Crippen molar-refractivity contribution in [2.75, 3.05) is 12.3 Å². The van der Waals surface area contributed by atoms with Crippen LogP contribution < -0.4 is 20.9 Å².